The maximum absolute atomic E-state index is 12.2. The molecule has 152 valence electrons. The molecule has 0 aliphatic rings. The smallest absolute Gasteiger partial charge is 0.251 e. The monoisotopic (exact) mass is 383 g/mol. The molecule has 0 radical (unpaired) electrons. The van der Waals surface area contributed by atoms with E-state index in [-0.39, 0.29) is 5.91 Å². The van der Waals surface area contributed by atoms with Gasteiger partial charge in [0.2, 0.25) is 5.88 Å². The maximum Gasteiger partial charge on any atom is 0.251 e. The first-order valence-electron chi connectivity index (χ1n) is 10.3. The van der Waals surface area contributed by atoms with Crippen molar-refractivity contribution in [3.63, 3.8) is 0 Å². The molecule has 0 bridgehead atoms. The highest BCUT2D eigenvalue weighted by Crippen LogP contribution is 2.17. The van der Waals surface area contributed by atoms with Gasteiger partial charge in [0, 0.05) is 11.5 Å². The molecule has 0 fully saturated rings. The van der Waals surface area contributed by atoms with Crippen molar-refractivity contribution in [3.8, 4) is 11.6 Å². The van der Waals surface area contributed by atoms with Crippen molar-refractivity contribution in [2.75, 3.05) is 6.61 Å². The van der Waals surface area contributed by atoms with Crippen molar-refractivity contribution in [1.29, 1.82) is 0 Å². The Morgan fingerprint density at radius 3 is 2.43 bits per heavy atom. The molecule has 0 unspecified atom stereocenters. The van der Waals surface area contributed by atoms with Crippen LogP contribution in [0.5, 0.6) is 5.88 Å². The number of benzene rings is 1. The maximum atomic E-state index is 12.2. The highest BCUT2D eigenvalue weighted by atomic mass is 16.5. The molecule has 5 heteroatoms. The number of carbonyl (C=O) groups is 1. The Morgan fingerprint density at radius 1 is 1.07 bits per heavy atom. The Hall–Kier alpha value is -2.43. The first-order chi connectivity index (χ1) is 13.4. The average molecular weight is 384 g/mol. The fourth-order valence-electron chi connectivity index (χ4n) is 2.67. The normalized spacial score (nSPS) is 12.2. The Labute approximate surface area is 168 Å². The third kappa shape index (κ3) is 6.95. The number of amides is 1. The van der Waals surface area contributed by atoms with Crippen LogP contribution in [0.15, 0.2) is 47.6 Å². The van der Waals surface area contributed by atoms with Gasteiger partial charge in [-0.2, -0.15) is 5.10 Å². The SMILES string of the molecule is CCCCCCCCOc1c/c(=N\C(=O)C(C)(C)C)cnn1-c1ccccc1. The third-order valence-corrected chi connectivity index (χ3v) is 4.41. The fraction of sp³-hybridized carbons (Fsp3) is 0.522. The molecule has 2 aromatic rings. The Balaban J connectivity index is 2.17. The van der Waals surface area contributed by atoms with Crippen LogP contribution in [0.4, 0.5) is 0 Å². The van der Waals surface area contributed by atoms with Crippen molar-refractivity contribution < 1.29 is 9.53 Å². The number of unbranched alkanes of at least 4 members (excludes halogenated alkanes) is 5. The highest BCUT2D eigenvalue weighted by molar-refractivity contribution is 5.82. The van der Waals surface area contributed by atoms with Crippen LogP contribution >= 0.6 is 0 Å². The predicted molar refractivity (Wildman–Crippen MR) is 112 cm³/mol. The van der Waals surface area contributed by atoms with Crippen LogP contribution in [0.1, 0.15) is 66.2 Å². The lowest BCUT2D eigenvalue weighted by Gasteiger charge is -2.14. The summed E-state index contributed by atoms with van der Waals surface area (Å²) in [5.74, 6) is 0.427. The van der Waals surface area contributed by atoms with Gasteiger partial charge in [0.25, 0.3) is 5.91 Å². The summed E-state index contributed by atoms with van der Waals surface area (Å²) in [6, 6.07) is 11.6. The van der Waals surface area contributed by atoms with Gasteiger partial charge in [-0.25, -0.2) is 9.67 Å². The average Bonchev–Trinajstić information content (AvgIpc) is 2.67. The first-order valence-corrected chi connectivity index (χ1v) is 10.3. The quantitative estimate of drug-likeness (QED) is 0.567. The number of aromatic nitrogens is 2. The summed E-state index contributed by atoms with van der Waals surface area (Å²) in [7, 11) is 0. The summed E-state index contributed by atoms with van der Waals surface area (Å²) in [4.78, 5) is 16.5. The van der Waals surface area contributed by atoms with E-state index < -0.39 is 5.41 Å². The molecular formula is C23H33N3O2. The van der Waals surface area contributed by atoms with E-state index in [0.29, 0.717) is 17.8 Å². The Morgan fingerprint density at radius 2 is 1.75 bits per heavy atom. The van der Waals surface area contributed by atoms with Crippen molar-refractivity contribution in [1.82, 2.24) is 9.78 Å². The van der Waals surface area contributed by atoms with E-state index in [0.717, 1.165) is 18.5 Å². The molecule has 0 N–H and O–H groups in total. The molecule has 0 saturated carbocycles. The van der Waals surface area contributed by atoms with Gasteiger partial charge in [0.05, 0.1) is 23.8 Å². The standard InChI is InChI=1S/C23H33N3O2/c1-5-6-7-8-9-13-16-28-21-17-19(25-22(27)23(2,3)4)18-24-26(21)20-14-11-10-12-15-20/h10-12,14-15,17-18H,5-9,13,16H2,1-4H3/b25-19+. The molecule has 1 amide bonds. The minimum Gasteiger partial charge on any atom is -0.478 e. The molecule has 0 saturated heterocycles. The first kappa shape index (κ1) is 21.9. The van der Waals surface area contributed by atoms with Gasteiger partial charge in [0.1, 0.15) is 0 Å². The van der Waals surface area contributed by atoms with Gasteiger partial charge in [-0.05, 0) is 18.6 Å². The van der Waals surface area contributed by atoms with Crippen LogP contribution < -0.4 is 10.1 Å². The van der Waals surface area contributed by atoms with E-state index in [1.54, 1.807) is 16.9 Å². The number of nitrogens with zero attached hydrogens (tertiary/aromatic N) is 3. The topological polar surface area (TPSA) is 56.5 Å². The molecule has 2 rings (SSSR count). The predicted octanol–water partition coefficient (Wildman–Crippen LogP) is 5.09. The summed E-state index contributed by atoms with van der Waals surface area (Å²) in [5, 5.41) is 4.99. The zero-order chi connectivity index (χ0) is 20.4. The zero-order valence-electron chi connectivity index (χ0n) is 17.6. The second-order valence-corrected chi connectivity index (χ2v) is 8.08. The van der Waals surface area contributed by atoms with Crippen LogP contribution in [0, 0.1) is 5.41 Å². The molecule has 0 aliphatic carbocycles. The minimum atomic E-state index is -0.523. The lowest BCUT2D eigenvalue weighted by Crippen LogP contribution is -2.22. The molecule has 5 nitrogen and oxygen atoms in total. The van der Waals surface area contributed by atoms with Gasteiger partial charge in [-0.15, -0.1) is 0 Å². The molecule has 1 aromatic heterocycles. The van der Waals surface area contributed by atoms with Gasteiger partial charge >= 0.3 is 0 Å². The zero-order valence-corrected chi connectivity index (χ0v) is 17.6. The van der Waals surface area contributed by atoms with E-state index in [2.05, 4.69) is 17.0 Å². The fourth-order valence-corrected chi connectivity index (χ4v) is 2.67. The summed E-state index contributed by atoms with van der Waals surface area (Å²) < 4.78 is 7.78. The minimum absolute atomic E-state index is 0.173. The Bertz CT molecular complexity index is 805. The molecule has 28 heavy (non-hydrogen) atoms. The van der Waals surface area contributed by atoms with Crippen LogP contribution in [0.3, 0.4) is 0 Å². The lowest BCUT2D eigenvalue weighted by molar-refractivity contribution is -0.125. The summed E-state index contributed by atoms with van der Waals surface area (Å²) in [5.41, 5.74) is 0.388. The number of ether oxygens (including phenoxy) is 1. The van der Waals surface area contributed by atoms with E-state index in [1.807, 2.05) is 51.1 Å². The second kappa shape index (κ2) is 10.8. The molecule has 1 heterocycles. The van der Waals surface area contributed by atoms with E-state index in [1.165, 1.54) is 25.7 Å². The van der Waals surface area contributed by atoms with Crippen molar-refractivity contribution in [2.24, 2.45) is 10.4 Å². The van der Waals surface area contributed by atoms with Crippen LogP contribution in [-0.2, 0) is 4.79 Å². The summed E-state index contributed by atoms with van der Waals surface area (Å²) in [6.45, 7) is 8.41. The van der Waals surface area contributed by atoms with E-state index >= 15 is 0 Å². The van der Waals surface area contributed by atoms with Crippen LogP contribution in [-0.4, -0.2) is 22.3 Å². The second-order valence-electron chi connectivity index (χ2n) is 8.08. The number of hydrogen-bond acceptors (Lipinski definition) is 3. The number of rotatable bonds is 9. The molecule has 0 atom stereocenters. The lowest BCUT2D eigenvalue weighted by atomic mass is 9.96. The molecular weight excluding hydrogens is 350 g/mol. The van der Waals surface area contributed by atoms with Crippen LogP contribution in [0.25, 0.3) is 5.69 Å². The Kier molecular flexibility index (Phi) is 8.42. The number of para-hydroxylation sites is 1. The number of carbonyl (C=O) groups excluding carboxylic acids is 1. The van der Waals surface area contributed by atoms with Crippen molar-refractivity contribution >= 4 is 5.91 Å². The third-order valence-electron chi connectivity index (χ3n) is 4.41. The van der Waals surface area contributed by atoms with Gasteiger partial charge in [-0.3, -0.25) is 4.79 Å². The van der Waals surface area contributed by atoms with E-state index in [4.69, 9.17) is 4.74 Å². The molecule has 1 aromatic carbocycles. The highest BCUT2D eigenvalue weighted by Gasteiger charge is 2.20. The molecule has 0 aliphatic heterocycles. The molecule has 0 spiro atoms. The van der Waals surface area contributed by atoms with Crippen LogP contribution in [0.2, 0.25) is 0 Å². The van der Waals surface area contributed by atoms with Crippen molar-refractivity contribution in [2.45, 2.75) is 66.2 Å². The van der Waals surface area contributed by atoms with Crippen molar-refractivity contribution in [3.05, 3.63) is 48.0 Å². The number of hydrogen-bond donors (Lipinski definition) is 0. The van der Waals surface area contributed by atoms with Gasteiger partial charge < -0.3 is 4.74 Å². The van der Waals surface area contributed by atoms with Gasteiger partial charge in [0.15, 0.2) is 0 Å². The van der Waals surface area contributed by atoms with E-state index in [9.17, 15) is 4.79 Å². The van der Waals surface area contributed by atoms with Gasteiger partial charge in [-0.1, -0.05) is 78.0 Å². The summed E-state index contributed by atoms with van der Waals surface area (Å²) in [6.07, 6.45) is 8.84. The summed E-state index contributed by atoms with van der Waals surface area (Å²) >= 11 is 0. The largest absolute Gasteiger partial charge is 0.478 e.